The Balaban J connectivity index is 0.00000306. The molecule has 3 aliphatic heterocycles. The van der Waals surface area contributed by atoms with Crippen molar-refractivity contribution in [3.8, 4) is 0 Å². The van der Waals surface area contributed by atoms with E-state index in [-0.39, 0.29) is 34.7 Å². The van der Waals surface area contributed by atoms with Gasteiger partial charge in [0.2, 0.25) is 5.91 Å². The van der Waals surface area contributed by atoms with Crippen LogP contribution in [0, 0.1) is 5.92 Å². The fraction of sp³-hybridized carbons (Fsp3) is 0.476. The van der Waals surface area contributed by atoms with E-state index in [4.69, 9.17) is 0 Å². The number of amides is 3. The van der Waals surface area contributed by atoms with Gasteiger partial charge in [-0.3, -0.25) is 19.7 Å². The fourth-order valence-electron chi connectivity index (χ4n) is 4.19. The summed E-state index contributed by atoms with van der Waals surface area (Å²) in [4.78, 5) is 39.9. The van der Waals surface area contributed by atoms with Gasteiger partial charge in [-0.25, -0.2) is 0 Å². The number of benzene rings is 1. The third-order valence-electron chi connectivity index (χ3n) is 5.86. The van der Waals surface area contributed by atoms with Crippen molar-refractivity contribution >= 4 is 53.0 Å². The maximum atomic E-state index is 13.3. The smallest absolute Gasteiger partial charge is 0.367 e. The van der Waals surface area contributed by atoms with E-state index in [9.17, 15) is 27.6 Å². The molecule has 7 nitrogen and oxygen atoms in total. The third kappa shape index (κ3) is 5.82. The van der Waals surface area contributed by atoms with E-state index in [1.807, 2.05) is 9.80 Å². The molecule has 2 N–H and O–H groups in total. The number of alkyl halides is 3. The Hall–Kier alpha value is -2.24. The lowest BCUT2D eigenvalue weighted by Gasteiger charge is -2.39. The summed E-state index contributed by atoms with van der Waals surface area (Å²) >= 11 is 0.660. The van der Waals surface area contributed by atoms with Crippen molar-refractivity contribution in [2.45, 2.75) is 19.0 Å². The molecule has 0 saturated carbocycles. The SMILES string of the molecule is Cl.O=C1NC(=O)C(=Cc2cc(C(F)(F)F)ccc2N2CCN(C(=O)C3CCCNC3)CC2)S1. The quantitative estimate of drug-likeness (QED) is 0.616. The average molecular weight is 505 g/mol. The minimum absolute atomic E-state index is 0. The lowest BCUT2D eigenvalue weighted by Crippen LogP contribution is -2.52. The minimum Gasteiger partial charge on any atom is -0.367 e. The highest BCUT2D eigenvalue weighted by atomic mass is 35.5. The van der Waals surface area contributed by atoms with Gasteiger partial charge in [0, 0.05) is 38.4 Å². The van der Waals surface area contributed by atoms with E-state index in [1.54, 1.807) is 0 Å². The Morgan fingerprint density at radius 2 is 1.88 bits per heavy atom. The molecule has 33 heavy (non-hydrogen) atoms. The normalized spacial score (nSPS) is 22.9. The molecule has 12 heteroatoms. The van der Waals surface area contributed by atoms with E-state index >= 15 is 0 Å². The van der Waals surface area contributed by atoms with Gasteiger partial charge in [-0.2, -0.15) is 13.2 Å². The molecule has 3 fully saturated rings. The average Bonchev–Trinajstić information content (AvgIpc) is 3.10. The first-order chi connectivity index (χ1) is 15.2. The largest absolute Gasteiger partial charge is 0.416 e. The number of nitrogens with zero attached hydrogens (tertiary/aromatic N) is 2. The molecule has 0 aliphatic carbocycles. The number of piperazine rings is 1. The first kappa shape index (κ1) is 25.4. The van der Waals surface area contributed by atoms with Crippen molar-refractivity contribution in [1.82, 2.24) is 15.5 Å². The monoisotopic (exact) mass is 504 g/mol. The van der Waals surface area contributed by atoms with Crippen LogP contribution in [-0.4, -0.2) is 61.2 Å². The van der Waals surface area contributed by atoms with Gasteiger partial charge >= 0.3 is 6.18 Å². The van der Waals surface area contributed by atoms with Crippen LogP contribution in [0.3, 0.4) is 0 Å². The summed E-state index contributed by atoms with van der Waals surface area (Å²) in [6.45, 7) is 3.47. The molecule has 4 rings (SSSR count). The first-order valence-corrected chi connectivity index (χ1v) is 11.2. The van der Waals surface area contributed by atoms with Crippen LogP contribution in [0.5, 0.6) is 0 Å². The van der Waals surface area contributed by atoms with Gasteiger partial charge in [0.25, 0.3) is 11.1 Å². The van der Waals surface area contributed by atoms with Gasteiger partial charge in [-0.1, -0.05) is 0 Å². The van der Waals surface area contributed by atoms with Crippen LogP contribution in [0.25, 0.3) is 6.08 Å². The number of carbonyl (C=O) groups is 3. The zero-order valence-corrected chi connectivity index (χ0v) is 19.2. The lowest BCUT2D eigenvalue weighted by molar-refractivity contribution is -0.138. The number of hydrogen-bond acceptors (Lipinski definition) is 6. The zero-order valence-electron chi connectivity index (χ0n) is 17.6. The summed E-state index contributed by atoms with van der Waals surface area (Å²) in [6.07, 6.45) is -1.39. The van der Waals surface area contributed by atoms with E-state index in [2.05, 4.69) is 10.6 Å². The summed E-state index contributed by atoms with van der Waals surface area (Å²) in [6, 6.07) is 3.39. The van der Waals surface area contributed by atoms with Crippen LogP contribution in [-0.2, 0) is 15.8 Å². The number of imide groups is 1. The number of thioether (sulfide) groups is 1. The minimum atomic E-state index is -4.54. The molecule has 1 atom stereocenters. The number of rotatable bonds is 3. The second-order valence-electron chi connectivity index (χ2n) is 7.98. The van der Waals surface area contributed by atoms with Crippen LogP contribution in [0.2, 0.25) is 0 Å². The second-order valence-corrected chi connectivity index (χ2v) is 8.99. The maximum absolute atomic E-state index is 13.3. The fourth-order valence-corrected chi connectivity index (χ4v) is 4.86. The molecule has 0 spiro atoms. The van der Waals surface area contributed by atoms with Crippen LogP contribution >= 0.6 is 24.2 Å². The number of halogens is 4. The van der Waals surface area contributed by atoms with Gasteiger partial charge < -0.3 is 15.1 Å². The molecule has 3 aliphatic rings. The predicted octanol–water partition coefficient (Wildman–Crippen LogP) is 3.10. The molecule has 1 aromatic carbocycles. The van der Waals surface area contributed by atoms with E-state index in [0.717, 1.165) is 31.5 Å². The van der Waals surface area contributed by atoms with E-state index < -0.39 is 22.9 Å². The lowest BCUT2D eigenvalue weighted by atomic mass is 9.97. The van der Waals surface area contributed by atoms with Crippen molar-refractivity contribution in [1.29, 1.82) is 0 Å². The highest BCUT2D eigenvalue weighted by molar-refractivity contribution is 8.18. The first-order valence-electron chi connectivity index (χ1n) is 10.4. The maximum Gasteiger partial charge on any atom is 0.416 e. The molecular weight excluding hydrogens is 481 g/mol. The molecule has 180 valence electrons. The summed E-state index contributed by atoms with van der Waals surface area (Å²) in [5.41, 5.74) is -0.0884. The standard InChI is InChI=1S/C21H23F3N4O3S.ClH/c22-21(23,24)15-3-4-16(14(10-15)11-17-18(29)26-20(31)32-17)27-6-8-28(9-7-27)19(30)13-2-1-5-25-12-13;/h3-4,10-11,13,25H,1-2,5-9,12H2,(H,26,29,31);1H. The Labute approximate surface area is 199 Å². The molecule has 0 bridgehead atoms. The molecule has 1 aromatic rings. The van der Waals surface area contributed by atoms with Crippen LogP contribution < -0.4 is 15.5 Å². The van der Waals surface area contributed by atoms with Crippen molar-refractivity contribution in [2.24, 2.45) is 5.92 Å². The zero-order chi connectivity index (χ0) is 22.9. The molecule has 0 aromatic heterocycles. The van der Waals surface area contributed by atoms with Crippen LogP contribution in [0.15, 0.2) is 23.1 Å². The van der Waals surface area contributed by atoms with E-state index in [0.29, 0.717) is 50.2 Å². The van der Waals surface area contributed by atoms with Crippen molar-refractivity contribution in [2.75, 3.05) is 44.2 Å². The van der Waals surface area contributed by atoms with Crippen LogP contribution in [0.4, 0.5) is 23.7 Å². The number of hydrogen-bond donors (Lipinski definition) is 2. The Morgan fingerprint density at radius 1 is 1.15 bits per heavy atom. The number of anilines is 1. The molecule has 3 amide bonds. The molecule has 3 saturated heterocycles. The van der Waals surface area contributed by atoms with Crippen molar-refractivity contribution < 1.29 is 27.6 Å². The van der Waals surface area contributed by atoms with Crippen molar-refractivity contribution in [3.63, 3.8) is 0 Å². The number of carbonyl (C=O) groups excluding carboxylic acids is 3. The Morgan fingerprint density at radius 3 is 2.45 bits per heavy atom. The summed E-state index contributed by atoms with van der Waals surface area (Å²) in [7, 11) is 0. The summed E-state index contributed by atoms with van der Waals surface area (Å²) in [5.74, 6) is -0.541. The summed E-state index contributed by atoms with van der Waals surface area (Å²) in [5, 5.41) is 4.80. The number of nitrogens with one attached hydrogen (secondary N) is 2. The Bertz CT molecular complexity index is 959. The van der Waals surface area contributed by atoms with Crippen LogP contribution in [0.1, 0.15) is 24.0 Å². The van der Waals surface area contributed by atoms with Gasteiger partial charge in [0.15, 0.2) is 0 Å². The highest BCUT2D eigenvalue weighted by Crippen LogP contribution is 2.36. The van der Waals surface area contributed by atoms with Gasteiger partial charge in [0.1, 0.15) is 0 Å². The second kappa shape index (κ2) is 10.4. The van der Waals surface area contributed by atoms with Gasteiger partial charge in [-0.15, -0.1) is 12.4 Å². The predicted molar refractivity (Wildman–Crippen MR) is 122 cm³/mol. The highest BCUT2D eigenvalue weighted by Gasteiger charge is 2.33. The Kier molecular flexibility index (Phi) is 7.96. The molecule has 0 radical (unpaired) electrons. The van der Waals surface area contributed by atoms with Gasteiger partial charge in [0.05, 0.1) is 16.4 Å². The third-order valence-corrected chi connectivity index (χ3v) is 6.67. The topological polar surface area (TPSA) is 81.8 Å². The molecule has 3 heterocycles. The van der Waals surface area contributed by atoms with Gasteiger partial charge in [-0.05, 0) is 61.0 Å². The number of piperidine rings is 1. The summed E-state index contributed by atoms with van der Waals surface area (Å²) < 4.78 is 39.9. The molecule has 1 unspecified atom stereocenters. The van der Waals surface area contributed by atoms with E-state index in [1.165, 1.54) is 12.1 Å². The van der Waals surface area contributed by atoms with Crippen molar-refractivity contribution in [3.05, 3.63) is 34.2 Å². The molecular formula is C21H24ClF3N4O3S.